The molecule has 1 aromatic carbocycles. The van der Waals surface area contributed by atoms with Crippen LogP contribution in [0.1, 0.15) is 24.2 Å². The van der Waals surface area contributed by atoms with Crippen LogP contribution in [-0.4, -0.2) is 11.5 Å². The predicted octanol–water partition coefficient (Wildman–Crippen LogP) is 4.23. The number of rotatable bonds is 5. The molecule has 1 heterocycles. The van der Waals surface area contributed by atoms with Gasteiger partial charge in [-0.25, -0.2) is 0 Å². The van der Waals surface area contributed by atoms with Gasteiger partial charge in [0.2, 0.25) is 0 Å². The summed E-state index contributed by atoms with van der Waals surface area (Å²) < 4.78 is 1.26. The van der Waals surface area contributed by atoms with Gasteiger partial charge in [0.1, 0.15) is 0 Å². The Hall–Kier alpha value is -0.650. The largest absolute Gasteiger partial charge is 0.309 e. The highest BCUT2D eigenvalue weighted by Crippen LogP contribution is 2.19. The summed E-state index contributed by atoms with van der Waals surface area (Å²) in [5, 5.41) is 4.15. The van der Waals surface area contributed by atoms with Gasteiger partial charge in [-0.1, -0.05) is 30.7 Å². The Labute approximate surface area is 132 Å². The van der Waals surface area contributed by atoms with E-state index in [9.17, 15) is 0 Å². The van der Waals surface area contributed by atoms with Gasteiger partial charge in [-0.3, -0.25) is 4.98 Å². The van der Waals surface area contributed by atoms with E-state index in [1.807, 2.05) is 12.1 Å². The molecule has 0 bridgehead atoms. The summed E-state index contributed by atoms with van der Waals surface area (Å²) in [7, 11) is 0. The molecule has 1 unspecified atom stereocenters. The maximum Gasteiger partial charge on any atom is 0.0589 e. The van der Waals surface area contributed by atoms with Crippen LogP contribution in [0.15, 0.2) is 42.6 Å². The average molecular weight is 387 g/mol. The molecule has 0 aliphatic heterocycles. The smallest absolute Gasteiger partial charge is 0.0589 e. The lowest BCUT2D eigenvalue weighted by atomic mass is 10.0. The fourth-order valence-corrected chi connectivity index (χ4v) is 2.45. The number of halogens is 2. The molecule has 0 saturated carbocycles. The van der Waals surface area contributed by atoms with Crippen LogP contribution in [0.5, 0.6) is 0 Å². The van der Waals surface area contributed by atoms with Gasteiger partial charge < -0.3 is 5.32 Å². The van der Waals surface area contributed by atoms with Crippen molar-refractivity contribution in [1.29, 1.82) is 0 Å². The molecule has 2 nitrogen and oxygen atoms in total. The topological polar surface area (TPSA) is 24.9 Å². The number of likely N-dealkylation sites (N-methyl/N-ethyl adjacent to an activating group) is 1. The van der Waals surface area contributed by atoms with Crippen molar-refractivity contribution in [2.75, 3.05) is 6.54 Å². The van der Waals surface area contributed by atoms with Crippen LogP contribution in [0.25, 0.3) is 0 Å². The van der Waals surface area contributed by atoms with E-state index in [4.69, 9.17) is 11.6 Å². The van der Waals surface area contributed by atoms with Crippen molar-refractivity contribution in [2.45, 2.75) is 19.4 Å². The van der Waals surface area contributed by atoms with E-state index in [0.717, 1.165) is 18.7 Å². The van der Waals surface area contributed by atoms with Crippen molar-refractivity contribution in [3.05, 3.63) is 62.4 Å². The van der Waals surface area contributed by atoms with Crippen molar-refractivity contribution in [1.82, 2.24) is 10.3 Å². The molecule has 4 heteroatoms. The summed E-state index contributed by atoms with van der Waals surface area (Å²) in [6.45, 7) is 3.02. The van der Waals surface area contributed by atoms with E-state index in [1.54, 1.807) is 6.20 Å². The summed E-state index contributed by atoms with van der Waals surface area (Å²) in [4.78, 5) is 4.42. The Morgan fingerprint density at radius 1 is 1.21 bits per heavy atom. The van der Waals surface area contributed by atoms with Gasteiger partial charge in [0.25, 0.3) is 0 Å². The van der Waals surface area contributed by atoms with Crippen molar-refractivity contribution >= 4 is 34.2 Å². The SMILES string of the molecule is CCNC(Cc1ccc(I)cc1)c1ccc(Cl)cn1. The first-order chi connectivity index (χ1) is 9.19. The number of nitrogens with one attached hydrogen (secondary N) is 1. The Morgan fingerprint density at radius 2 is 1.95 bits per heavy atom. The molecule has 0 fully saturated rings. The first-order valence-electron chi connectivity index (χ1n) is 6.28. The highest BCUT2D eigenvalue weighted by Gasteiger charge is 2.12. The van der Waals surface area contributed by atoms with Gasteiger partial charge in [-0.15, -0.1) is 0 Å². The fraction of sp³-hybridized carbons (Fsp3) is 0.267. The van der Waals surface area contributed by atoms with Gasteiger partial charge in [0, 0.05) is 9.77 Å². The Kier molecular flexibility index (Phi) is 5.60. The Balaban J connectivity index is 2.15. The van der Waals surface area contributed by atoms with Gasteiger partial charge in [0.15, 0.2) is 0 Å². The highest BCUT2D eigenvalue weighted by molar-refractivity contribution is 14.1. The predicted molar refractivity (Wildman–Crippen MR) is 88.5 cm³/mol. The molecule has 0 radical (unpaired) electrons. The third-order valence-corrected chi connectivity index (χ3v) is 3.85. The van der Waals surface area contributed by atoms with Crippen LogP contribution >= 0.6 is 34.2 Å². The van der Waals surface area contributed by atoms with E-state index >= 15 is 0 Å². The zero-order valence-electron chi connectivity index (χ0n) is 10.7. The number of hydrogen-bond donors (Lipinski definition) is 1. The normalized spacial score (nSPS) is 12.4. The average Bonchev–Trinajstić information content (AvgIpc) is 2.42. The third kappa shape index (κ3) is 4.44. The van der Waals surface area contributed by atoms with Gasteiger partial charge in [0.05, 0.1) is 16.8 Å². The summed E-state index contributed by atoms with van der Waals surface area (Å²) >= 11 is 8.21. The van der Waals surface area contributed by atoms with E-state index in [1.165, 1.54) is 9.13 Å². The second-order valence-corrected chi connectivity index (χ2v) is 6.02. The monoisotopic (exact) mass is 386 g/mol. The first kappa shape index (κ1) is 14.8. The number of benzene rings is 1. The van der Waals surface area contributed by atoms with Crippen molar-refractivity contribution in [3.8, 4) is 0 Å². The minimum absolute atomic E-state index is 0.224. The molecular formula is C15H16ClIN2. The summed E-state index contributed by atoms with van der Waals surface area (Å²) in [6, 6.07) is 12.7. The first-order valence-corrected chi connectivity index (χ1v) is 7.74. The van der Waals surface area contributed by atoms with Crippen LogP contribution in [-0.2, 0) is 6.42 Å². The van der Waals surface area contributed by atoms with Crippen LogP contribution in [0, 0.1) is 3.57 Å². The Morgan fingerprint density at radius 3 is 2.53 bits per heavy atom. The Bertz CT molecular complexity index is 511. The molecule has 0 saturated heterocycles. The standard InChI is InChI=1S/C15H16ClIN2/c1-2-18-15(14-8-5-12(16)10-19-14)9-11-3-6-13(17)7-4-11/h3-8,10,15,18H,2,9H2,1H3. The second-order valence-electron chi connectivity index (χ2n) is 4.34. The van der Waals surface area contributed by atoms with E-state index in [-0.39, 0.29) is 6.04 Å². The zero-order chi connectivity index (χ0) is 13.7. The van der Waals surface area contributed by atoms with Crippen LogP contribution in [0.2, 0.25) is 5.02 Å². The highest BCUT2D eigenvalue weighted by atomic mass is 127. The molecule has 1 atom stereocenters. The second kappa shape index (κ2) is 7.22. The van der Waals surface area contributed by atoms with E-state index < -0.39 is 0 Å². The lowest BCUT2D eigenvalue weighted by Gasteiger charge is -2.17. The molecule has 1 aromatic heterocycles. The van der Waals surface area contributed by atoms with Crippen molar-refractivity contribution in [2.24, 2.45) is 0 Å². The van der Waals surface area contributed by atoms with Crippen molar-refractivity contribution in [3.63, 3.8) is 0 Å². The van der Waals surface area contributed by atoms with Crippen LogP contribution in [0.3, 0.4) is 0 Å². The molecule has 1 N–H and O–H groups in total. The third-order valence-electron chi connectivity index (χ3n) is 2.91. The quantitative estimate of drug-likeness (QED) is 0.778. The number of pyridine rings is 1. The summed E-state index contributed by atoms with van der Waals surface area (Å²) in [6.07, 6.45) is 2.63. The maximum atomic E-state index is 5.89. The lowest BCUT2D eigenvalue weighted by molar-refractivity contribution is 0.537. The molecule has 0 aliphatic carbocycles. The van der Waals surface area contributed by atoms with Crippen LogP contribution < -0.4 is 5.32 Å². The molecule has 100 valence electrons. The van der Waals surface area contributed by atoms with Gasteiger partial charge in [-0.05, 0) is 65.4 Å². The molecule has 2 rings (SSSR count). The minimum Gasteiger partial charge on any atom is -0.309 e. The number of nitrogens with zero attached hydrogens (tertiary/aromatic N) is 1. The molecular weight excluding hydrogens is 371 g/mol. The number of aromatic nitrogens is 1. The van der Waals surface area contributed by atoms with E-state index in [2.05, 4.69) is 64.1 Å². The molecule has 0 spiro atoms. The molecule has 0 aliphatic rings. The molecule has 2 aromatic rings. The van der Waals surface area contributed by atoms with E-state index in [0.29, 0.717) is 5.02 Å². The maximum absolute atomic E-state index is 5.89. The van der Waals surface area contributed by atoms with Crippen LogP contribution in [0.4, 0.5) is 0 Å². The van der Waals surface area contributed by atoms with Gasteiger partial charge >= 0.3 is 0 Å². The molecule has 0 amide bonds. The summed E-state index contributed by atoms with van der Waals surface area (Å²) in [5.74, 6) is 0. The zero-order valence-corrected chi connectivity index (χ0v) is 13.6. The fourth-order valence-electron chi connectivity index (χ4n) is 1.98. The van der Waals surface area contributed by atoms with Gasteiger partial charge in [-0.2, -0.15) is 0 Å². The summed E-state index contributed by atoms with van der Waals surface area (Å²) in [5.41, 5.74) is 2.34. The minimum atomic E-state index is 0.224. The lowest BCUT2D eigenvalue weighted by Crippen LogP contribution is -2.23. The number of hydrogen-bond acceptors (Lipinski definition) is 2. The molecule has 19 heavy (non-hydrogen) atoms. The van der Waals surface area contributed by atoms with Crippen molar-refractivity contribution < 1.29 is 0 Å².